The second-order valence-corrected chi connectivity index (χ2v) is 4.61. The van der Waals surface area contributed by atoms with E-state index in [1.54, 1.807) is 20.0 Å². The predicted molar refractivity (Wildman–Crippen MR) is 67.6 cm³/mol. The summed E-state index contributed by atoms with van der Waals surface area (Å²) in [5, 5.41) is 9.19. The van der Waals surface area contributed by atoms with Crippen LogP contribution in [0.2, 0.25) is 0 Å². The lowest BCUT2D eigenvalue weighted by atomic mass is 10.0. The standard InChI is InChI=1S/C12H17N3O3/c1-7-5-6-14-10(8(7)9(13)16)15(4)12(2,3)11(17)18/h5-6H,1-4H3,(H2,13,16)(H,17,18). The summed E-state index contributed by atoms with van der Waals surface area (Å²) in [6, 6.07) is 1.66. The van der Waals surface area contributed by atoms with E-state index in [4.69, 9.17) is 5.73 Å². The Kier molecular flexibility index (Phi) is 3.59. The number of hydrogen-bond donors (Lipinski definition) is 2. The van der Waals surface area contributed by atoms with Crippen LogP contribution in [0.15, 0.2) is 12.3 Å². The molecule has 1 aromatic rings. The van der Waals surface area contributed by atoms with Crippen LogP contribution in [0.4, 0.5) is 5.82 Å². The highest BCUT2D eigenvalue weighted by molar-refractivity contribution is 6.00. The molecule has 0 fully saturated rings. The van der Waals surface area contributed by atoms with E-state index in [1.165, 1.54) is 24.9 Å². The first-order chi connectivity index (χ1) is 8.19. The Morgan fingerprint density at radius 1 is 1.44 bits per heavy atom. The van der Waals surface area contributed by atoms with Gasteiger partial charge in [0.25, 0.3) is 5.91 Å². The van der Waals surface area contributed by atoms with Crippen molar-refractivity contribution in [2.24, 2.45) is 5.73 Å². The molecule has 1 amide bonds. The third-order valence-electron chi connectivity index (χ3n) is 3.07. The summed E-state index contributed by atoms with van der Waals surface area (Å²) in [5.74, 6) is -1.36. The number of aromatic nitrogens is 1. The molecule has 0 aliphatic carbocycles. The Bertz CT molecular complexity index is 497. The molecule has 0 atom stereocenters. The summed E-state index contributed by atoms with van der Waals surface area (Å²) in [5.41, 5.74) is 5.04. The van der Waals surface area contributed by atoms with E-state index in [0.717, 1.165) is 0 Å². The molecule has 0 spiro atoms. The van der Waals surface area contributed by atoms with Crippen molar-refractivity contribution in [3.63, 3.8) is 0 Å². The van der Waals surface area contributed by atoms with Crippen LogP contribution in [0.25, 0.3) is 0 Å². The van der Waals surface area contributed by atoms with Gasteiger partial charge in [-0.15, -0.1) is 0 Å². The van der Waals surface area contributed by atoms with Crippen molar-refractivity contribution in [3.8, 4) is 0 Å². The SMILES string of the molecule is Cc1ccnc(N(C)C(C)(C)C(=O)O)c1C(N)=O. The first kappa shape index (κ1) is 14.0. The number of primary amides is 1. The van der Waals surface area contributed by atoms with Gasteiger partial charge in [-0.2, -0.15) is 0 Å². The third-order valence-corrected chi connectivity index (χ3v) is 3.07. The fourth-order valence-corrected chi connectivity index (χ4v) is 1.51. The van der Waals surface area contributed by atoms with E-state index in [-0.39, 0.29) is 11.4 Å². The normalized spacial score (nSPS) is 11.1. The predicted octanol–water partition coefficient (Wildman–Crippen LogP) is 0.788. The molecule has 1 heterocycles. The number of pyridine rings is 1. The number of aryl methyl sites for hydroxylation is 1. The molecule has 6 heteroatoms. The minimum atomic E-state index is -1.19. The lowest BCUT2D eigenvalue weighted by Crippen LogP contribution is -2.49. The molecule has 0 aliphatic rings. The molecule has 6 nitrogen and oxygen atoms in total. The quantitative estimate of drug-likeness (QED) is 0.824. The summed E-state index contributed by atoms with van der Waals surface area (Å²) in [6.45, 7) is 4.79. The van der Waals surface area contributed by atoms with Crippen LogP contribution < -0.4 is 10.6 Å². The minimum Gasteiger partial charge on any atom is -0.480 e. The van der Waals surface area contributed by atoms with Gasteiger partial charge in [0.15, 0.2) is 0 Å². The van der Waals surface area contributed by atoms with Crippen LogP contribution in [0.5, 0.6) is 0 Å². The van der Waals surface area contributed by atoms with Crippen LogP contribution >= 0.6 is 0 Å². The van der Waals surface area contributed by atoms with Crippen molar-refractivity contribution in [3.05, 3.63) is 23.4 Å². The van der Waals surface area contributed by atoms with Gasteiger partial charge in [-0.25, -0.2) is 9.78 Å². The lowest BCUT2D eigenvalue weighted by Gasteiger charge is -2.33. The van der Waals surface area contributed by atoms with Crippen LogP contribution in [-0.2, 0) is 4.79 Å². The average molecular weight is 251 g/mol. The Balaban J connectivity index is 3.38. The van der Waals surface area contributed by atoms with E-state index in [2.05, 4.69) is 4.98 Å². The number of rotatable bonds is 4. The molecule has 98 valence electrons. The molecule has 0 aromatic carbocycles. The number of amides is 1. The maximum Gasteiger partial charge on any atom is 0.328 e. The number of carboxylic acids is 1. The highest BCUT2D eigenvalue weighted by Crippen LogP contribution is 2.25. The van der Waals surface area contributed by atoms with Gasteiger partial charge < -0.3 is 15.7 Å². The molecule has 0 saturated heterocycles. The van der Waals surface area contributed by atoms with E-state index in [9.17, 15) is 14.7 Å². The van der Waals surface area contributed by atoms with Gasteiger partial charge in [-0.3, -0.25) is 4.79 Å². The monoisotopic (exact) mass is 251 g/mol. The zero-order valence-electron chi connectivity index (χ0n) is 10.9. The minimum absolute atomic E-state index is 0.245. The van der Waals surface area contributed by atoms with Gasteiger partial charge in [-0.05, 0) is 32.4 Å². The van der Waals surface area contributed by atoms with Gasteiger partial charge >= 0.3 is 5.97 Å². The topological polar surface area (TPSA) is 96.5 Å². The van der Waals surface area contributed by atoms with Crippen LogP contribution in [0.1, 0.15) is 29.8 Å². The second kappa shape index (κ2) is 4.64. The number of nitrogens with zero attached hydrogens (tertiary/aromatic N) is 2. The molecule has 0 unspecified atom stereocenters. The molecule has 1 rings (SSSR count). The van der Waals surface area contributed by atoms with Crippen molar-refractivity contribution in [2.45, 2.75) is 26.3 Å². The first-order valence-corrected chi connectivity index (χ1v) is 5.42. The maximum atomic E-state index is 11.5. The fraction of sp³-hybridized carbons (Fsp3) is 0.417. The smallest absolute Gasteiger partial charge is 0.328 e. The zero-order valence-corrected chi connectivity index (χ0v) is 10.9. The summed E-state index contributed by atoms with van der Waals surface area (Å²) in [4.78, 5) is 28.2. The highest BCUT2D eigenvalue weighted by Gasteiger charge is 2.34. The third kappa shape index (κ3) is 2.27. The van der Waals surface area contributed by atoms with Gasteiger partial charge in [0.05, 0.1) is 5.56 Å². The van der Waals surface area contributed by atoms with Crippen LogP contribution in [0, 0.1) is 6.92 Å². The molecular formula is C12H17N3O3. The van der Waals surface area contributed by atoms with E-state index in [0.29, 0.717) is 5.56 Å². The largest absolute Gasteiger partial charge is 0.480 e. The molecule has 0 saturated carbocycles. The number of nitrogens with two attached hydrogens (primary N) is 1. The van der Waals surface area contributed by atoms with Crippen molar-refractivity contribution in [1.29, 1.82) is 0 Å². The molecule has 0 aliphatic heterocycles. The van der Waals surface area contributed by atoms with Gasteiger partial charge in [0.2, 0.25) is 0 Å². The number of likely N-dealkylation sites (N-methyl/N-ethyl adjacent to an activating group) is 1. The van der Waals surface area contributed by atoms with Crippen LogP contribution in [-0.4, -0.2) is 34.6 Å². The molecule has 18 heavy (non-hydrogen) atoms. The number of hydrogen-bond acceptors (Lipinski definition) is 4. The number of anilines is 1. The van der Waals surface area contributed by atoms with E-state index in [1.807, 2.05) is 0 Å². The average Bonchev–Trinajstić information content (AvgIpc) is 2.26. The Morgan fingerprint density at radius 2 is 2.00 bits per heavy atom. The van der Waals surface area contributed by atoms with Gasteiger partial charge in [0, 0.05) is 13.2 Å². The highest BCUT2D eigenvalue weighted by atomic mass is 16.4. The Hall–Kier alpha value is -2.11. The summed E-state index contributed by atoms with van der Waals surface area (Å²) >= 11 is 0. The molecule has 3 N–H and O–H groups in total. The van der Waals surface area contributed by atoms with Gasteiger partial charge in [0.1, 0.15) is 11.4 Å². The fourth-order valence-electron chi connectivity index (χ4n) is 1.51. The number of carboxylic acid groups (broad SMARTS) is 1. The van der Waals surface area contributed by atoms with Crippen molar-refractivity contribution in [2.75, 3.05) is 11.9 Å². The second-order valence-electron chi connectivity index (χ2n) is 4.61. The van der Waals surface area contributed by atoms with E-state index < -0.39 is 17.4 Å². The number of carbonyl (C=O) groups excluding carboxylic acids is 1. The molecule has 0 radical (unpaired) electrons. The van der Waals surface area contributed by atoms with Crippen molar-refractivity contribution >= 4 is 17.7 Å². The zero-order chi connectivity index (χ0) is 14.1. The summed E-state index contributed by atoms with van der Waals surface area (Å²) in [7, 11) is 1.57. The molecule has 0 bridgehead atoms. The molecule has 1 aromatic heterocycles. The van der Waals surface area contributed by atoms with Gasteiger partial charge in [-0.1, -0.05) is 0 Å². The maximum absolute atomic E-state index is 11.5. The molecular weight excluding hydrogens is 234 g/mol. The van der Waals surface area contributed by atoms with E-state index >= 15 is 0 Å². The summed E-state index contributed by atoms with van der Waals surface area (Å²) in [6.07, 6.45) is 1.52. The van der Waals surface area contributed by atoms with Crippen molar-refractivity contribution in [1.82, 2.24) is 4.98 Å². The number of carbonyl (C=O) groups is 2. The summed E-state index contributed by atoms with van der Waals surface area (Å²) < 4.78 is 0. The first-order valence-electron chi connectivity index (χ1n) is 5.42. The van der Waals surface area contributed by atoms with Crippen LogP contribution in [0.3, 0.4) is 0 Å². The Morgan fingerprint density at radius 3 is 2.44 bits per heavy atom. The Labute approximate surface area is 105 Å². The lowest BCUT2D eigenvalue weighted by molar-refractivity contribution is -0.142. The number of aliphatic carboxylic acids is 1. The van der Waals surface area contributed by atoms with Crippen molar-refractivity contribution < 1.29 is 14.7 Å².